The van der Waals surface area contributed by atoms with E-state index >= 15 is 0 Å². The van der Waals surface area contributed by atoms with Crippen molar-refractivity contribution in [3.8, 4) is 5.69 Å². The monoisotopic (exact) mass is 416 g/mol. The highest BCUT2D eigenvalue weighted by Crippen LogP contribution is 2.22. The van der Waals surface area contributed by atoms with Crippen molar-refractivity contribution < 1.29 is 0 Å². The minimum atomic E-state index is -0.0552. The smallest absolute Gasteiger partial charge is 0.204 e. The Hall–Kier alpha value is -2.98. The quantitative estimate of drug-likeness (QED) is 0.433. The molecule has 0 aliphatic heterocycles. The number of hydrogen-bond donors (Lipinski definition) is 0. The summed E-state index contributed by atoms with van der Waals surface area (Å²) >= 11 is 3.45. The minimum absolute atomic E-state index is 0.0552. The van der Waals surface area contributed by atoms with Crippen LogP contribution in [0, 0.1) is 6.92 Å². The number of hydrogen-bond acceptors (Lipinski definition) is 2. The predicted octanol–water partition coefficient (Wildman–Crippen LogP) is 5.63. The molecule has 4 heteroatoms. The number of fused-ring (bicyclic) bond motifs is 1. The lowest BCUT2D eigenvalue weighted by Crippen LogP contribution is -2.04. The van der Waals surface area contributed by atoms with E-state index in [-0.39, 0.29) is 5.43 Å². The van der Waals surface area contributed by atoms with Crippen molar-refractivity contribution in [1.29, 1.82) is 0 Å². The molecular formula is C23H17BrN2O. The van der Waals surface area contributed by atoms with E-state index in [1.165, 1.54) is 5.56 Å². The van der Waals surface area contributed by atoms with Gasteiger partial charge in [-0.1, -0.05) is 70.0 Å². The molecule has 0 unspecified atom stereocenters. The first-order valence-electron chi connectivity index (χ1n) is 8.64. The van der Waals surface area contributed by atoms with Crippen LogP contribution in [0.5, 0.6) is 0 Å². The molecule has 0 saturated heterocycles. The van der Waals surface area contributed by atoms with Gasteiger partial charge in [0.1, 0.15) is 5.52 Å². The first-order chi connectivity index (χ1) is 13.1. The Bertz CT molecular complexity index is 1190. The predicted molar refractivity (Wildman–Crippen MR) is 115 cm³/mol. The van der Waals surface area contributed by atoms with Crippen LogP contribution in [0.1, 0.15) is 16.8 Å². The average molecular weight is 417 g/mol. The van der Waals surface area contributed by atoms with Crippen LogP contribution in [0.2, 0.25) is 0 Å². The molecular weight excluding hydrogens is 400 g/mol. The molecule has 0 fully saturated rings. The summed E-state index contributed by atoms with van der Waals surface area (Å²) in [4.78, 5) is 12.7. The maximum atomic E-state index is 12.7. The SMILES string of the molecule is Cc1ccc(/C=C/c2nn(-c3ccc(Br)cc3)c3c(=O)ccccc23)cc1. The Morgan fingerprint density at radius 3 is 2.33 bits per heavy atom. The van der Waals surface area contributed by atoms with Crippen molar-refractivity contribution in [1.82, 2.24) is 9.78 Å². The third kappa shape index (κ3) is 3.62. The van der Waals surface area contributed by atoms with Crippen LogP contribution in [-0.2, 0) is 0 Å². The van der Waals surface area contributed by atoms with E-state index in [0.29, 0.717) is 5.52 Å². The summed E-state index contributed by atoms with van der Waals surface area (Å²) in [7, 11) is 0. The zero-order chi connectivity index (χ0) is 18.8. The largest absolute Gasteiger partial charge is 0.288 e. The van der Waals surface area contributed by atoms with Crippen molar-refractivity contribution in [3.05, 3.63) is 104 Å². The van der Waals surface area contributed by atoms with Crippen LogP contribution in [0.15, 0.2) is 82.1 Å². The van der Waals surface area contributed by atoms with Crippen LogP contribution in [0.25, 0.3) is 28.7 Å². The van der Waals surface area contributed by atoms with Gasteiger partial charge in [-0.25, -0.2) is 4.68 Å². The molecule has 0 amide bonds. The van der Waals surface area contributed by atoms with Crippen molar-refractivity contribution >= 4 is 39.0 Å². The normalized spacial score (nSPS) is 11.3. The first-order valence-corrected chi connectivity index (χ1v) is 9.44. The molecule has 132 valence electrons. The van der Waals surface area contributed by atoms with Gasteiger partial charge in [0.25, 0.3) is 0 Å². The Labute approximate surface area is 165 Å². The van der Waals surface area contributed by atoms with E-state index in [2.05, 4.69) is 47.1 Å². The Balaban J connectivity index is 1.90. The molecule has 0 radical (unpaired) electrons. The van der Waals surface area contributed by atoms with Crippen molar-refractivity contribution in [2.45, 2.75) is 6.92 Å². The molecule has 0 aliphatic rings. The average Bonchev–Trinajstić information content (AvgIpc) is 2.92. The van der Waals surface area contributed by atoms with Gasteiger partial charge in [0.05, 0.1) is 11.4 Å². The summed E-state index contributed by atoms with van der Waals surface area (Å²) in [6, 6.07) is 23.2. The van der Waals surface area contributed by atoms with Gasteiger partial charge in [-0.3, -0.25) is 4.79 Å². The van der Waals surface area contributed by atoms with E-state index in [1.54, 1.807) is 16.8 Å². The second kappa shape index (κ2) is 7.33. The standard InChI is InChI=1S/C23H17BrN2O/c1-16-6-8-17(9-7-16)10-15-21-20-4-2-3-5-22(27)23(20)26(25-21)19-13-11-18(24)12-14-19/h2-15H,1H3/b15-10+. The maximum Gasteiger partial charge on any atom is 0.204 e. The zero-order valence-electron chi connectivity index (χ0n) is 14.8. The number of halogens is 1. The fourth-order valence-electron chi connectivity index (χ4n) is 2.97. The highest BCUT2D eigenvalue weighted by Gasteiger charge is 2.12. The Kier molecular flexibility index (Phi) is 4.73. The Morgan fingerprint density at radius 1 is 0.889 bits per heavy atom. The first kappa shape index (κ1) is 17.4. The summed E-state index contributed by atoms with van der Waals surface area (Å²) in [6.07, 6.45) is 3.98. The van der Waals surface area contributed by atoms with Crippen LogP contribution < -0.4 is 5.43 Å². The summed E-state index contributed by atoms with van der Waals surface area (Å²) in [5, 5.41) is 5.55. The fourth-order valence-corrected chi connectivity index (χ4v) is 3.23. The van der Waals surface area contributed by atoms with Crippen molar-refractivity contribution in [2.24, 2.45) is 0 Å². The molecule has 0 aliphatic carbocycles. The third-order valence-corrected chi connectivity index (χ3v) is 4.92. The Morgan fingerprint density at radius 2 is 1.59 bits per heavy atom. The van der Waals surface area contributed by atoms with Gasteiger partial charge in [0.2, 0.25) is 5.43 Å². The van der Waals surface area contributed by atoms with E-state index in [9.17, 15) is 4.79 Å². The van der Waals surface area contributed by atoms with Crippen LogP contribution in [0.4, 0.5) is 0 Å². The zero-order valence-corrected chi connectivity index (χ0v) is 16.3. The molecule has 3 aromatic carbocycles. The topological polar surface area (TPSA) is 34.9 Å². The number of benzene rings is 2. The van der Waals surface area contributed by atoms with Gasteiger partial charge < -0.3 is 0 Å². The van der Waals surface area contributed by atoms with Gasteiger partial charge in [0.15, 0.2) is 0 Å². The molecule has 1 aromatic heterocycles. The number of aromatic nitrogens is 2. The number of nitrogens with zero attached hydrogens (tertiary/aromatic N) is 2. The molecule has 27 heavy (non-hydrogen) atoms. The number of aryl methyl sites for hydroxylation is 1. The van der Waals surface area contributed by atoms with Crippen molar-refractivity contribution in [2.75, 3.05) is 0 Å². The fraction of sp³-hybridized carbons (Fsp3) is 0.0435. The van der Waals surface area contributed by atoms with Crippen LogP contribution in [0.3, 0.4) is 0 Å². The molecule has 4 aromatic rings. The summed E-state index contributed by atoms with van der Waals surface area (Å²) < 4.78 is 2.70. The van der Waals surface area contributed by atoms with Gasteiger partial charge in [-0.05, 0) is 48.9 Å². The molecule has 0 atom stereocenters. The molecule has 1 heterocycles. The highest BCUT2D eigenvalue weighted by atomic mass is 79.9. The maximum absolute atomic E-state index is 12.7. The highest BCUT2D eigenvalue weighted by molar-refractivity contribution is 9.10. The lowest BCUT2D eigenvalue weighted by Gasteiger charge is -2.02. The molecule has 0 N–H and O–H groups in total. The molecule has 0 saturated carbocycles. The summed E-state index contributed by atoms with van der Waals surface area (Å²) in [5.74, 6) is 0. The molecule has 3 nitrogen and oxygen atoms in total. The van der Waals surface area contributed by atoms with E-state index in [1.807, 2.05) is 48.6 Å². The van der Waals surface area contributed by atoms with Gasteiger partial charge in [-0.2, -0.15) is 5.10 Å². The van der Waals surface area contributed by atoms with E-state index in [0.717, 1.165) is 26.8 Å². The second-order valence-electron chi connectivity index (χ2n) is 6.36. The lowest BCUT2D eigenvalue weighted by molar-refractivity contribution is 0.902. The van der Waals surface area contributed by atoms with Crippen LogP contribution in [-0.4, -0.2) is 9.78 Å². The lowest BCUT2D eigenvalue weighted by atomic mass is 10.1. The van der Waals surface area contributed by atoms with E-state index in [4.69, 9.17) is 5.10 Å². The van der Waals surface area contributed by atoms with Gasteiger partial charge in [-0.15, -0.1) is 0 Å². The molecule has 4 rings (SSSR count). The molecule has 0 spiro atoms. The third-order valence-electron chi connectivity index (χ3n) is 4.39. The summed E-state index contributed by atoms with van der Waals surface area (Å²) in [5.41, 5.74) is 4.45. The number of rotatable bonds is 3. The van der Waals surface area contributed by atoms with Gasteiger partial charge >= 0.3 is 0 Å². The van der Waals surface area contributed by atoms with Crippen LogP contribution >= 0.6 is 15.9 Å². The minimum Gasteiger partial charge on any atom is -0.288 e. The summed E-state index contributed by atoms with van der Waals surface area (Å²) in [6.45, 7) is 2.07. The molecule has 0 bridgehead atoms. The second-order valence-corrected chi connectivity index (χ2v) is 7.28. The van der Waals surface area contributed by atoms with Crippen molar-refractivity contribution in [3.63, 3.8) is 0 Å². The van der Waals surface area contributed by atoms with E-state index < -0.39 is 0 Å². The van der Waals surface area contributed by atoms with Gasteiger partial charge in [0, 0.05) is 9.86 Å².